The molecule has 1 heterocycles. The molecule has 1 aliphatic heterocycles. The maximum atomic E-state index is 6.46. The predicted octanol–water partition coefficient (Wildman–Crippen LogP) is 4.10. The second-order valence-electron chi connectivity index (χ2n) is 7.11. The highest BCUT2D eigenvalue weighted by molar-refractivity contribution is 6.88. The first-order valence-electron chi connectivity index (χ1n) is 7.27. The van der Waals surface area contributed by atoms with Gasteiger partial charge < -0.3 is 9.10 Å². The zero-order valence-corrected chi connectivity index (χ0v) is 15.9. The lowest BCUT2D eigenvalue weighted by atomic mass is 10.3. The molecule has 0 bridgehead atoms. The molecule has 2 nitrogen and oxygen atoms in total. The second kappa shape index (κ2) is 6.17. The molecular formula is C13H31NOSi3. The van der Waals surface area contributed by atoms with E-state index < -0.39 is 24.9 Å². The fourth-order valence-electron chi connectivity index (χ4n) is 2.71. The van der Waals surface area contributed by atoms with Crippen molar-refractivity contribution in [3.63, 3.8) is 0 Å². The Morgan fingerprint density at radius 3 is 2.44 bits per heavy atom. The molecule has 1 unspecified atom stereocenters. The van der Waals surface area contributed by atoms with Crippen molar-refractivity contribution < 1.29 is 4.12 Å². The van der Waals surface area contributed by atoms with Gasteiger partial charge in [0.15, 0.2) is 16.6 Å². The molecule has 0 amide bonds. The van der Waals surface area contributed by atoms with E-state index in [9.17, 15) is 0 Å². The van der Waals surface area contributed by atoms with Crippen LogP contribution in [0.4, 0.5) is 0 Å². The Morgan fingerprint density at radius 1 is 1.28 bits per heavy atom. The van der Waals surface area contributed by atoms with E-state index in [1.807, 2.05) is 0 Å². The normalized spacial score (nSPS) is 26.1. The first-order chi connectivity index (χ1) is 8.18. The van der Waals surface area contributed by atoms with Gasteiger partial charge in [0, 0.05) is 0 Å². The highest BCUT2D eigenvalue weighted by Gasteiger charge is 2.35. The molecule has 0 radical (unpaired) electrons. The summed E-state index contributed by atoms with van der Waals surface area (Å²) in [6, 6.07) is 4.17. The lowest BCUT2D eigenvalue weighted by molar-refractivity contribution is 0.554. The summed E-state index contributed by atoms with van der Waals surface area (Å²) in [4.78, 5) is 3.84. The summed E-state index contributed by atoms with van der Waals surface area (Å²) in [5.74, 6) is 0. The Hall–Kier alpha value is 0.311. The van der Waals surface area contributed by atoms with Gasteiger partial charge in [0.1, 0.15) is 8.24 Å². The summed E-state index contributed by atoms with van der Waals surface area (Å²) < 4.78 is 6.46. The quantitative estimate of drug-likeness (QED) is 0.746. The van der Waals surface area contributed by atoms with E-state index in [-0.39, 0.29) is 0 Å². The molecule has 0 aromatic carbocycles. The van der Waals surface area contributed by atoms with Crippen LogP contribution in [0.1, 0.15) is 12.8 Å². The minimum Gasteiger partial charge on any atom is -0.453 e. The van der Waals surface area contributed by atoms with Crippen molar-refractivity contribution in [2.45, 2.75) is 63.7 Å². The molecule has 5 heteroatoms. The highest BCUT2D eigenvalue weighted by atomic mass is 28.4. The first kappa shape index (κ1) is 16.4. The minimum atomic E-state index is -1.60. The topological polar surface area (TPSA) is 21.3 Å². The van der Waals surface area contributed by atoms with E-state index in [1.165, 1.54) is 37.5 Å². The minimum absolute atomic E-state index is 1.14. The summed E-state index contributed by atoms with van der Waals surface area (Å²) >= 11 is 0. The average molecular weight is 302 g/mol. The van der Waals surface area contributed by atoms with Crippen LogP contribution in [-0.2, 0) is 4.12 Å². The van der Waals surface area contributed by atoms with Gasteiger partial charge >= 0.3 is 0 Å². The Balaban J connectivity index is 2.47. The number of hydrogen-bond donors (Lipinski definition) is 1. The van der Waals surface area contributed by atoms with Crippen LogP contribution in [0.15, 0.2) is 12.3 Å². The van der Waals surface area contributed by atoms with Crippen molar-refractivity contribution in [2.75, 3.05) is 6.54 Å². The number of nitrogens with one attached hydrogen (secondary N) is 1. The Bertz CT molecular complexity index is 286. The molecule has 0 spiro atoms. The van der Waals surface area contributed by atoms with E-state index in [0.717, 1.165) is 0 Å². The summed E-state index contributed by atoms with van der Waals surface area (Å²) in [6.45, 7) is 17.0. The maximum absolute atomic E-state index is 6.46. The number of hydrogen-bond acceptors (Lipinski definition) is 2. The van der Waals surface area contributed by atoms with E-state index in [1.54, 1.807) is 0 Å². The van der Waals surface area contributed by atoms with Gasteiger partial charge in [-0.2, -0.15) is 0 Å². The maximum Gasteiger partial charge on any atom is 0.197 e. The zero-order chi connectivity index (χ0) is 13.9. The molecule has 0 aromatic heterocycles. The van der Waals surface area contributed by atoms with E-state index in [0.29, 0.717) is 0 Å². The predicted molar refractivity (Wildman–Crippen MR) is 89.5 cm³/mol. The van der Waals surface area contributed by atoms with Gasteiger partial charge in [0.05, 0.1) is 0 Å². The van der Waals surface area contributed by atoms with Crippen molar-refractivity contribution in [1.82, 2.24) is 4.98 Å². The molecule has 1 fully saturated rings. The fraction of sp³-hybridized carbons (Fsp3) is 0.846. The van der Waals surface area contributed by atoms with Crippen molar-refractivity contribution in [2.24, 2.45) is 0 Å². The monoisotopic (exact) mass is 301 g/mol. The lowest BCUT2D eigenvalue weighted by Gasteiger charge is -2.37. The van der Waals surface area contributed by atoms with Crippen LogP contribution < -0.4 is 4.98 Å². The standard InChI is InChI=1S/C13H31NOSi3/c1-7-16(2,3)15-17(4,5)12-13-18(6)11-9-8-10-14-18/h7,14H,1,8-13H2,2-6H3. The van der Waals surface area contributed by atoms with E-state index in [4.69, 9.17) is 4.12 Å². The van der Waals surface area contributed by atoms with Crippen LogP contribution in [0.2, 0.25) is 50.9 Å². The van der Waals surface area contributed by atoms with E-state index in [2.05, 4.69) is 50.0 Å². The van der Waals surface area contributed by atoms with Crippen LogP contribution in [-0.4, -0.2) is 31.4 Å². The third kappa shape index (κ3) is 5.52. The van der Waals surface area contributed by atoms with Gasteiger partial charge in [-0.05, 0) is 57.3 Å². The van der Waals surface area contributed by atoms with Gasteiger partial charge in [-0.1, -0.05) is 18.7 Å². The smallest absolute Gasteiger partial charge is 0.197 e. The zero-order valence-electron chi connectivity index (χ0n) is 12.9. The molecule has 1 atom stereocenters. The molecular weight excluding hydrogens is 270 g/mol. The summed E-state index contributed by atoms with van der Waals surface area (Å²) in [5, 5.41) is 0. The van der Waals surface area contributed by atoms with Gasteiger partial charge in [-0.15, -0.1) is 6.58 Å². The van der Waals surface area contributed by atoms with Crippen molar-refractivity contribution >= 4 is 24.9 Å². The van der Waals surface area contributed by atoms with Gasteiger partial charge in [0.25, 0.3) is 0 Å². The van der Waals surface area contributed by atoms with Gasteiger partial charge in [-0.25, -0.2) is 0 Å². The van der Waals surface area contributed by atoms with Crippen LogP contribution in [0, 0.1) is 0 Å². The highest BCUT2D eigenvalue weighted by Crippen LogP contribution is 2.28. The van der Waals surface area contributed by atoms with Crippen LogP contribution in [0.25, 0.3) is 0 Å². The van der Waals surface area contributed by atoms with E-state index >= 15 is 0 Å². The van der Waals surface area contributed by atoms with Crippen LogP contribution in [0.5, 0.6) is 0 Å². The van der Waals surface area contributed by atoms with Crippen LogP contribution in [0.3, 0.4) is 0 Å². The molecule has 1 saturated heterocycles. The molecule has 1 rings (SSSR count). The van der Waals surface area contributed by atoms with Crippen molar-refractivity contribution in [1.29, 1.82) is 0 Å². The fourth-order valence-corrected chi connectivity index (χ4v) is 16.2. The third-order valence-electron chi connectivity index (χ3n) is 4.02. The summed E-state index contributed by atoms with van der Waals surface area (Å²) in [6.07, 6.45) is 2.81. The summed E-state index contributed by atoms with van der Waals surface area (Å²) in [5.41, 5.74) is 2.07. The van der Waals surface area contributed by atoms with Crippen molar-refractivity contribution in [3.8, 4) is 0 Å². The van der Waals surface area contributed by atoms with Crippen LogP contribution >= 0.6 is 0 Å². The third-order valence-corrected chi connectivity index (χ3v) is 15.2. The molecule has 1 N–H and O–H groups in total. The van der Waals surface area contributed by atoms with Gasteiger partial charge in [-0.3, -0.25) is 0 Å². The first-order valence-corrected chi connectivity index (χ1v) is 16.3. The molecule has 18 heavy (non-hydrogen) atoms. The molecule has 106 valence electrons. The molecule has 0 aliphatic carbocycles. The molecule has 0 aromatic rings. The lowest BCUT2D eigenvalue weighted by Crippen LogP contribution is -2.52. The molecule has 1 aliphatic rings. The average Bonchev–Trinajstić information content (AvgIpc) is 2.27. The summed E-state index contributed by atoms with van der Waals surface area (Å²) in [7, 11) is -4.25. The molecule has 0 saturated carbocycles. The Labute approximate surface area is 117 Å². The Morgan fingerprint density at radius 2 is 1.94 bits per heavy atom. The second-order valence-corrected chi connectivity index (χ2v) is 20.0. The number of rotatable bonds is 6. The SMILES string of the molecule is C=C[Si](C)(C)O[Si](C)(C)CC[Si]1(C)CCCCN1. The Kier molecular flexibility index (Phi) is 5.61. The van der Waals surface area contributed by atoms with Gasteiger partial charge in [0.2, 0.25) is 0 Å². The van der Waals surface area contributed by atoms with Crippen molar-refractivity contribution in [3.05, 3.63) is 12.3 Å². The largest absolute Gasteiger partial charge is 0.453 e.